The normalized spacial score (nSPS) is 12.4. The molecule has 0 atom stereocenters. The number of aliphatic hydroxyl groups is 1. The average molecular weight is 202 g/mol. The molecule has 1 aliphatic rings. The van der Waals surface area contributed by atoms with Gasteiger partial charge in [-0.05, 0) is 19.3 Å². The first kappa shape index (κ1) is 13.1. The molecule has 0 bridgehead atoms. The third kappa shape index (κ3) is 13.7. The van der Waals surface area contributed by atoms with Gasteiger partial charge in [-0.25, -0.2) is 4.79 Å². The second-order valence-corrected chi connectivity index (χ2v) is 2.77. The minimum absolute atomic E-state index is 0.204. The first-order chi connectivity index (χ1) is 6.81. The number of epoxide rings is 1. The Bertz CT molecular complexity index is 151. The quantitative estimate of drug-likeness (QED) is 0.301. The maximum absolute atomic E-state index is 10.5. The Hall–Kier alpha value is -0.870. The van der Waals surface area contributed by atoms with Crippen LogP contribution in [0.3, 0.4) is 0 Å². The Morgan fingerprint density at radius 1 is 1.43 bits per heavy atom. The summed E-state index contributed by atoms with van der Waals surface area (Å²) >= 11 is 0. The molecular weight excluding hydrogens is 184 g/mol. The van der Waals surface area contributed by atoms with Crippen molar-refractivity contribution in [3.8, 4) is 0 Å². The van der Waals surface area contributed by atoms with E-state index in [9.17, 15) is 4.79 Å². The van der Waals surface area contributed by atoms with Crippen molar-refractivity contribution in [2.24, 2.45) is 0 Å². The third-order valence-electron chi connectivity index (χ3n) is 1.42. The molecule has 1 saturated heterocycles. The lowest BCUT2D eigenvalue weighted by molar-refractivity contribution is -0.137. The van der Waals surface area contributed by atoms with E-state index in [4.69, 9.17) is 9.84 Å². The van der Waals surface area contributed by atoms with Gasteiger partial charge in [0.15, 0.2) is 0 Å². The minimum atomic E-state index is -0.381. The van der Waals surface area contributed by atoms with Crippen LogP contribution in [0.5, 0.6) is 0 Å². The molecule has 0 aliphatic carbocycles. The maximum Gasteiger partial charge on any atom is 0.330 e. The molecule has 0 aromatic carbocycles. The van der Waals surface area contributed by atoms with Crippen LogP contribution in [0, 0.1) is 0 Å². The first-order valence-corrected chi connectivity index (χ1v) is 4.79. The summed E-state index contributed by atoms with van der Waals surface area (Å²) in [5.41, 5.74) is 0. The Morgan fingerprint density at radius 2 is 2.07 bits per heavy atom. The van der Waals surface area contributed by atoms with E-state index in [1.54, 1.807) is 0 Å². The Labute approximate surface area is 84.5 Å². The van der Waals surface area contributed by atoms with Crippen LogP contribution in [0.25, 0.3) is 0 Å². The van der Waals surface area contributed by atoms with E-state index in [1.165, 1.54) is 0 Å². The SMILES string of the molecule is C1CO1.C=CC(=O)OCCCCCO. The standard InChI is InChI=1S/C8H14O3.C2H4O/c1-2-8(10)11-7-5-3-4-6-9;1-2-3-1/h2,9H,1,3-7H2;1-2H2. The summed E-state index contributed by atoms with van der Waals surface area (Å²) in [6, 6.07) is 0. The lowest BCUT2D eigenvalue weighted by atomic mass is 10.2. The lowest BCUT2D eigenvalue weighted by Gasteiger charge is -1.99. The highest BCUT2D eigenvalue weighted by Crippen LogP contribution is 1.94. The summed E-state index contributed by atoms with van der Waals surface area (Å²) in [5.74, 6) is -0.381. The van der Waals surface area contributed by atoms with Gasteiger partial charge >= 0.3 is 5.97 Å². The fourth-order valence-corrected chi connectivity index (χ4v) is 0.622. The molecule has 0 amide bonds. The highest BCUT2D eigenvalue weighted by Gasteiger charge is 1.94. The molecule has 82 valence electrons. The zero-order valence-corrected chi connectivity index (χ0v) is 8.41. The Balaban J connectivity index is 0.000000469. The van der Waals surface area contributed by atoms with Crippen LogP contribution >= 0.6 is 0 Å². The second-order valence-electron chi connectivity index (χ2n) is 2.77. The van der Waals surface area contributed by atoms with Gasteiger partial charge < -0.3 is 14.6 Å². The van der Waals surface area contributed by atoms with E-state index in [1.807, 2.05) is 0 Å². The van der Waals surface area contributed by atoms with Crippen molar-refractivity contribution in [2.75, 3.05) is 26.4 Å². The second kappa shape index (κ2) is 10.2. The molecule has 0 spiro atoms. The number of unbranched alkanes of at least 4 members (excludes halogenated alkanes) is 2. The fourth-order valence-electron chi connectivity index (χ4n) is 0.622. The smallest absolute Gasteiger partial charge is 0.330 e. The molecule has 1 heterocycles. The van der Waals surface area contributed by atoms with Crippen LogP contribution in [-0.4, -0.2) is 37.5 Å². The van der Waals surface area contributed by atoms with Crippen molar-refractivity contribution >= 4 is 5.97 Å². The highest BCUT2D eigenvalue weighted by atomic mass is 16.6. The van der Waals surface area contributed by atoms with Crippen LogP contribution in [0.4, 0.5) is 0 Å². The van der Waals surface area contributed by atoms with E-state index < -0.39 is 0 Å². The van der Waals surface area contributed by atoms with Gasteiger partial charge in [-0.2, -0.15) is 0 Å². The number of rotatable bonds is 6. The van der Waals surface area contributed by atoms with Gasteiger partial charge in [-0.1, -0.05) is 6.58 Å². The Morgan fingerprint density at radius 3 is 2.50 bits per heavy atom. The van der Waals surface area contributed by atoms with Gasteiger partial charge in [-0.15, -0.1) is 0 Å². The number of carbonyl (C=O) groups excluding carboxylic acids is 1. The minimum Gasteiger partial charge on any atom is -0.463 e. The highest BCUT2D eigenvalue weighted by molar-refractivity contribution is 5.81. The predicted molar refractivity (Wildman–Crippen MR) is 52.9 cm³/mol. The van der Waals surface area contributed by atoms with Gasteiger partial charge in [-0.3, -0.25) is 0 Å². The molecule has 4 nitrogen and oxygen atoms in total. The summed E-state index contributed by atoms with van der Waals surface area (Å²) in [5, 5.41) is 8.40. The number of hydrogen-bond donors (Lipinski definition) is 1. The fraction of sp³-hybridized carbons (Fsp3) is 0.700. The molecular formula is C10H18O4. The van der Waals surface area contributed by atoms with Gasteiger partial charge in [0.25, 0.3) is 0 Å². The van der Waals surface area contributed by atoms with E-state index >= 15 is 0 Å². The van der Waals surface area contributed by atoms with E-state index in [0.717, 1.165) is 38.6 Å². The van der Waals surface area contributed by atoms with Gasteiger partial charge in [0.1, 0.15) is 0 Å². The summed E-state index contributed by atoms with van der Waals surface area (Å²) in [4.78, 5) is 10.5. The Kier molecular flexibility index (Phi) is 9.58. The maximum atomic E-state index is 10.5. The summed E-state index contributed by atoms with van der Waals surface area (Å²) in [6.45, 7) is 5.89. The van der Waals surface area contributed by atoms with Crippen molar-refractivity contribution in [1.82, 2.24) is 0 Å². The van der Waals surface area contributed by atoms with Crippen LogP contribution in [0.1, 0.15) is 19.3 Å². The summed E-state index contributed by atoms with van der Waals surface area (Å²) in [6.07, 6.45) is 3.61. The van der Waals surface area contributed by atoms with Crippen LogP contribution in [-0.2, 0) is 14.3 Å². The largest absolute Gasteiger partial charge is 0.463 e. The van der Waals surface area contributed by atoms with Gasteiger partial charge in [0, 0.05) is 12.7 Å². The molecule has 1 fully saturated rings. The van der Waals surface area contributed by atoms with Gasteiger partial charge in [0.05, 0.1) is 19.8 Å². The number of esters is 1. The average Bonchev–Trinajstić information content (AvgIpc) is 3.04. The monoisotopic (exact) mass is 202 g/mol. The molecule has 4 heteroatoms. The van der Waals surface area contributed by atoms with Crippen molar-refractivity contribution in [3.63, 3.8) is 0 Å². The molecule has 0 radical (unpaired) electrons. The number of carbonyl (C=O) groups is 1. The number of ether oxygens (including phenoxy) is 2. The first-order valence-electron chi connectivity index (χ1n) is 4.79. The molecule has 1 N–H and O–H groups in total. The van der Waals surface area contributed by atoms with E-state index in [2.05, 4.69) is 11.3 Å². The summed E-state index contributed by atoms with van der Waals surface area (Å²) < 4.78 is 9.20. The predicted octanol–water partition coefficient (Wildman–Crippen LogP) is 0.895. The molecule has 1 rings (SSSR count). The molecule has 0 aromatic rings. The van der Waals surface area contributed by atoms with E-state index in [-0.39, 0.29) is 12.6 Å². The van der Waals surface area contributed by atoms with E-state index in [0.29, 0.717) is 6.61 Å². The molecule has 0 aromatic heterocycles. The molecule has 1 aliphatic heterocycles. The summed E-state index contributed by atoms with van der Waals surface area (Å²) in [7, 11) is 0. The topological polar surface area (TPSA) is 59.1 Å². The lowest BCUT2D eigenvalue weighted by Crippen LogP contribution is -2.01. The van der Waals surface area contributed by atoms with Crippen molar-refractivity contribution in [1.29, 1.82) is 0 Å². The van der Waals surface area contributed by atoms with Gasteiger partial charge in [0.2, 0.25) is 0 Å². The van der Waals surface area contributed by atoms with Crippen LogP contribution in [0.2, 0.25) is 0 Å². The molecule has 14 heavy (non-hydrogen) atoms. The zero-order chi connectivity index (χ0) is 10.6. The van der Waals surface area contributed by atoms with Crippen LogP contribution < -0.4 is 0 Å². The number of aliphatic hydroxyl groups excluding tert-OH is 1. The zero-order valence-electron chi connectivity index (χ0n) is 8.41. The third-order valence-corrected chi connectivity index (χ3v) is 1.42. The number of hydrogen-bond acceptors (Lipinski definition) is 4. The van der Waals surface area contributed by atoms with Crippen LogP contribution in [0.15, 0.2) is 12.7 Å². The van der Waals surface area contributed by atoms with Crippen molar-refractivity contribution in [2.45, 2.75) is 19.3 Å². The molecule has 0 unspecified atom stereocenters. The molecule has 0 saturated carbocycles. The van der Waals surface area contributed by atoms with Crippen molar-refractivity contribution in [3.05, 3.63) is 12.7 Å². The van der Waals surface area contributed by atoms with Crippen molar-refractivity contribution < 1.29 is 19.4 Å².